The second-order valence-electron chi connectivity index (χ2n) is 4.95. The highest BCUT2D eigenvalue weighted by molar-refractivity contribution is 5.80. The first-order valence-corrected chi connectivity index (χ1v) is 5.57. The second kappa shape index (κ2) is 4.79. The van der Waals surface area contributed by atoms with Gasteiger partial charge < -0.3 is 10.4 Å². The molecule has 1 rings (SSSR count). The number of nitrogens with one attached hydrogen (secondary N) is 1. The van der Waals surface area contributed by atoms with Crippen LogP contribution in [0, 0.1) is 11.3 Å². The molecule has 2 N–H and O–H groups in total. The molecule has 0 unspecified atom stereocenters. The Bertz CT molecular complexity index is 265. The van der Waals surface area contributed by atoms with E-state index in [1.165, 1.54) is 18.9 Å². The molecule has 0 saturated heterocycles. The number of carbonyl (C=O) groups is 1. The first kappa shape index (κ1) is 12.2. The van der Waals surface area contributed by atoms with E-state index < -0.39 is 5.97 Å². The first-order valence-electron chi connectivity index (χ1n) is 5.57. The van der Waals surface area contributed by atoms with Crippen LogP contribution in [0.4, 0.5) is 0 Å². The summed E-state index contributed by atoms with van der Waals surface area (Å²) < 4.78 is 0. The number of hydrogen-bond acceptors (Lipinski definition) is 2. The van der Waals surface area contributed by atoms with Crippen molar-refractivity contribution in [1.29, 1.82) is 0 Å². The highest BCUT2D eigenvalue weighted by atomic mass is 16.4. The fraction of sp³-hybridized carbons (Fsp3) is 0.750. The summed E-state index contributed by atoms with van der Waals surface area (Å²) in [6.45, 7) is 8.05. The van der Waals surface area contributed by atoms with Crippen molar-refractivity contribution in [2.45, 2.75) is 33.6 Å². The van der Waals surface area contributed by atoms with E-state index in [1.54, 1.807) is 0 Å². The van der Waals surface area contributed by atoms with Crippen LogP contribution >= 0.6 is 0 Å². The van der Waals surface area contributed by atoms with Gasteiger partial charge >= 0.3 is 5.97 Å². The molecule has 1 saturated carbocycles. The zero-order valence-electron chi connectivity index (χ0n) is 9.84. The van der Waals surface area contributed by atoms with Crippen molar-refractivity contribution >= 4 is 5.97 Å². The van der Waals surface area contributed by atoms with Crippen molar-refractivity contribution in [1.82, 2.24) is 5.32 Å². The molecule has 86 valence electrons. The van der Waals surface area contributed by atoms with Crippen molar-refractivity contribution in [2.24, 2.45) is 11.3 Å². The Labute approximate surface area is 91.6 Å². The predicted molar refractivity (Wildman–Crippen MR) is 60.8 cm³/mol. The molecule has 1 aliphatic carbocycles. The van der Waals surface area contributed by atoms with E-state index in [4.69, 9.17) is 5.11 Å². The maximum Gasteiger partial charge on any atom is 0.328 e. The minimum atomic E-state index is -0.862. The van der Waals surface area contributed by atoms with Crippen LogP contribution in [0.25, 0.3) is 0 Å². The van der Waals surface area contributed by atoms with Gasteiger partial charge in [-0.15, -0.1) is 0 Å². The van der Waals surface area contributed by atoms with E-state index in [0.29, 0.717) is 17.9 Å². The number of carboxylic acids is 1. The van der Waals surface area contributed by atoms with Crippen LogP contribution in [0.2, 0.25) is 0 Å². The average molecular weight is 211 g/mol. The molecule has 15 heavy (non-hydrogen) atoms. The highest BCUT2D eigenvalue weighted by Crippen LogP contribution is 2.51. The quantitative estimate of drug-likeness (QED) is 0.661. The van der Waals surface area contributed by atoms with E-state index in [9.17, 15) is 4.79 Å². The van der Waals surface area contributed by atoms with Crippen LogP contribution in [0.3, 0.4) is 0 Å². The van der Waals surface area contributed by atoms with E-state index in [0.717, 1.165) is 12.1 Å². The molecule has 0 aromatic heterocycles. The lowest BCUT2D eigenvalue weighted by atomic mass is 9.92. The zero-order valence-corrected chi connectivity index (χ0v) is 9.84. The van der Waals surface area contributed by atoms with Gasteiger partial charge in [-0.2, -0.15) is 0 Å². The standard InChI is InChI=1S/C12H21NO2/c1-9(2)12(4-5-12)8-13-7-10(3)6-11(14)15/h6,9,13H,4-5,7-8H2,1-3H3,(H,14,15). The van der Waals surface area contributed by atoms with Crippen molar-refractivity contribution < 1.29 is 9.90 Å². The Morgan fingerprint density at radius 2 is 2.13 bits per heavy atom. The molecule has 0 aliphatic heterocycles. The van der Waals surface area contributed by atoms with Gasteiger partial charge in [-0.3, -0.25) is 0 Å². The minimum Gasteiger partial charge on any atom is -0.478 e. The molecule has 3 nitrogen and oxygen atoms in total. The topological polar surface area (TPSA) is 49.3 Å². The van der Waals surface area contributed by atoms with Crippen LogP contribution in [0.1, 0.15) is 33.6 Å². The SMILES string of the molecule is CC(=CC(=O)O)CNCC1(C(C)C)CC1. The monoisotopic (exact) mass is 211 g/mol. The Balaban J connectivity index is 2.25. The van der Waals surface area contributed by atoms with Crippen LogP contribution < -0.4 is 5.32 Å². The van der Waals surface area contributed by atoms with Gasteiger partial charge in [-0.05, 0) is 31.1 Å². The van der Waals surface area contributed by atoms with Gasteiger partial charge in [0.1, 0.15) is 0 Å². The van der Waals surface area contributed by atoms with E-state index in [2.05, 4.69) is 19.2 Å². The van der Waals surface area contributed by atoms with Crippen molar-refractivity contribution in [3.05, 3.63) is 11.6 Å². The summed E-state index contributed by atoms with van der Waals surface area (Å²) in [5, 5.41) is 11.9. The van der Waals surface area contributed by atoms with E-state index in [1.807, 2.05) is 6.92 Å². The second-order valence-corrected chi connectivity index (χ2v) is 4.95. The number of hydrogen-bond donors (Lipinski definition) is 2. The summed E-state index contributed by atoms with van der Waals surface area (Å²) in [6.07, 6.45) is 3.88. The van der Waals surface area contributed by atoms with Crippen LogP contribution in [-0.4, -0.2) is 24.2 Å². The van der Waals surface area contributed by atoms with Crippen molar-refractivity contribution in [3.63, 3.8) is 0 Å². The Morgan fingerprint density at radius 3 is 2.53 bits per heavy atom. The molecule has 1 aliphatic rings. The molecular formula is C12H21NO2. The fourth-order valence-electron chi connectivity index (χ4n) is 1.89. The average Bonchev–Trinajstić information content (AvgIpc) is 2.83. The third kappa shape index (κ3) is 3.67. The summed E-state index contributed by atoms with van der Waals surface area (Å²) >= 11 is 0. The Kier molecular flexibility index (Phi) is 3.91. The van der Waals surface area contributed by atoms with Crippen LogP contribution in [0.15, 0.2) is 11.6 Å². The van der Waals surface area contributed by atoms with Gasteiger partial charge in [0.2, 0.25) is 0 Å². The summed E-state index contributed by atoms with van der Waals surface area (Å²) in [4.78, 5) is 10.4. The summed E-state index contributed by atoms with van der Waals surface area (Å²) in [5.41, 5.74) is 1.37. The lowest BCUT2D eigenvalue weighted by Gasteiger charge is -2.20. The predicted octanol–water partition coefficient (Wildman–Crippen LogP) is 2.04. The van der Waals surface area contributed by atoms with Gasteiger partial charge in [0.15, 0.2) is 0 Å². The van der Waals surface area contributed by atoms with Crippen molar-refractivity contribution in [3.8, 4) is 0 Å². The lowest BCUT2D eigenvalue weighted by Crippen LogP contribution is -2.28. The van der Waals surface area contributed by atoms with Gasteiger partial charge in [0.05, 0.1) is 0 Å². The maximum atomic E-state index is 10.4. The number of aliphatic carboxylic acids is 1. The molecule has 0 spiro atoms. The fourth-order valence-corrected chi connectivity index (χ4v) is 1.89. The van der Waals surface area contributed by atoms with Crippen molar-refractivity contribution in [2.75, 3.05) is 13.1 Å². The molecular weight excluding hydrogens is 190 g/mol. The molecule has 0 aromatic carbocycles. The normalized spacial score (nSPS) is 19.3. The molecule has 3 heteroatoms. The molecule has 0 atom stereocenters. The van der Waals surface area contributed by atoms with Gasteiger partial charge in [0.25, 0.3) is 0 Å². The van der Waals surface area contributed by atoms with Gasteiger partial charge in [-0.25, -0.2) is 4.79 Å². The van der Waals surface area contributed by atoms with E-state index >= 15 is 0 Å². The minimum absolute atomic E-state index is 0.490. The third-order valence-electron chi connectivity index (χ3n) is 3.37. The first-order chi connectivity index (χ1) is 6.96. The van der Waals surface area contributed by atoms with Gasteiger partial charge in [0, 0.05) is 19.2 Å². The number of carboxylic acid groups (broad SMARTS) is 1. The lowest BCUT2D eigenvalue weighted by molar-refractivity contribution is -0.131. The van der Waals surface area contributed by atoms with Crippen LogP contribution in [-0.2, 0) is 4.79 Å². The van der Waals surface area contributed by atoms with Crippen LogP contribution in [0.5, 0.6) is 0 Å². The molecule has 1 fully saturated rings. The van der Waals surface area contributed by atoms with Gasteiger partial charge in [-0.1, -0.05) is 19.4 Å². The Morgan fingerprint density at radius 1 is 1.53 bits per heavy atom. The molecule has 0 bridgehead atoms. The zero-order chi connectivity index (χ0) is 11.5. The summed E-state index contributed by atoms with van der Waals surface area (Å²) in [5.74, 6) is -0.145. The Hall–Kier alpha value is -0.830. The third-order valence-corrected chi connectivity index (χ3v) is 3.37. The van der Waals surface area contributed by atoms with E-state index in [-0.39, 0.29) is 0 Å². The number of rotatable bonds is 6. The summed E-state index contributed by atoms with van der Waals surface area (Å²) in [7, 11) is 0. The molecule has 0 amide bonds. The molecule has 0 aromatic rings. The molecule has 0 heterocycles. The summed E-state index contributed by atoms with van der Waals surface area (Å²) in [6, 6.07) is 0. The maximum absolute atomic E-state index is 10.4. The molecule has 0 radical (unpaired) electrons. The highest BCUT2D eigenvalue weighted by Gasteiger charge is 2.44. The largest absolute Gasteiger partial charge is 0.478 e. The smallest absolute Gasteiger partial charge is 0.328 e.